The van der Waals surface area contributed by atoms with Gasteiger partial charge in [0, 0.05) is 37.1 Å². The fourth-order valence-corrected chi connectivity index (χ4v) is 4.71. The van der Waals surface area contributed by atoms with Crippen molar-refractivity contribution >= 4 is 29.4 Å². The highest BCUT2D eigenvalue weighted by Gasteiger charge is 2.22. The SMILES string of the molecule is Cc1cc(-c2nc3cc(CC[C@H](C(=O)O)C(C)C)ccc3n2CC2CCOCC2)c[nH]c1=O.Cl. The van der Waals surface area contributed by atoms with Crippen LogP contribution in [0.15, 0.2) is 35.3 Å². The molecule has 4 rings (SSSR count). The third kappa shape index (κ3) is 5.70. The summed E-state index contributed by atoms with van der Waals surface area (Å²) in [7, 11) is 0. The standard InChI is InChI=1S/C26H33N3O4.ClH/c1-16(2)21(26(31)32)6-4-18-5-7-23-22(13-18)28-24(20-12-17(3)25(30)27-14-20)29(23)15-19-8-10-33-11-9-19;/h5,7,12-14,16,19,21H,4,6,8-11,15H2,1-3H3,(H,27,30)(H,31,32);1H/t21-;/m0./s1. The first-order valence-electron chi connectivity index (χ1n) is 11.8. The number of imidazole rings is 1. The van der Waals surface area contributed by atoms with Crippen LogP contribution in [0.25, 0.3) is 22.4 Å². The second kappa shape index (κ2) is 11.2. The Balaban J connectivity index is 0.00000324. The number of aryl methyl sites for hydroxylation is 2. The van der Waals surface area contributed by atoms with Gasteiger partial charge in [-0.25, -0.2) is 4.98 Å². The lowest BCUT2D eigenvalue weighted by Gasteiger charge is -2.23. The predicted molar refractivity (Wildman–Crippen MR) is 136 cm³/mol. The molecule has 0 bridgehead atoms. The van der Waals surface area contributed by atoms with E-state index in [1.807, 2.05) is 19.9 Å². The van der Waals surface area contributed by atoms with E-state index in [1.54, 1.807) is 13.1 Å². The molecule has 2 aromatic heterocycles. The van der Waals surface area contributed by atoms with Crippen molar-refractivity contribution in [1.29, 1.82) is 0 Å². The van der Waals surface area contributed by atoms with Crippen LogP contribution in [0.1, 0.15) is 44.2 Å². The van der Waals surface area contributed by atoms with Gasteiger partial charge in [-0.1, -0.05) is 19.9 Å². The van der Waals surface area contributed by atoms with Crippen LogP contribution < -0.4 is 5.56 Å². The summed E-state index contributed by atoms with van der Waals surface area (Å²) in [5.74, 6) is 0.369. The summed E-state index contributed by atoms with van der Waals surface area (Å²) in [4.78, 5) is 31.3. The van der Waals surface area contributed by atoms with Gasteiger partial charge in [0.1, 0.15) is 5.82 Å². The topological polar surface area (TPSA) is 97.2 Å². The van der Waals surface area contributed by atoms with E-state index in [4.69, 9.17) is 9.72 Å². The normalized spacial score (nSPS) is 15.4. The Morgan fingerprint density at radius 2 is 2.00 bits per heavy atom. The predicted octanol–water partition coefficient (Wildman–Crippen LogP) is 4.84. The molecule has 0 radical (unpaired) electrons. The minimum atomic E-state index is -0.734. The van der Waals surface area contributed by atoms with Crippen LogP contribution in [0.5, 0.6) is 0 Å². The maximum atomic E-state index is 11.9. The van der Waals surface area contributed by atoms with Crippen molar-refractivity contribution in [3.8, 4) is 11.4 Å². The Bertz CT molecular complexity index is 1190. The van der Waals surface area contributed by atoms with Crippen molar-refractivity contribution in [3.05, 3.63) is 51.9 Å². The molecule has 0 spiro atoms. The quantitative estimate of drug-likeness (QED) is 0.474. The maximum Gasteiger partial charge on any atom is 0.306 e. The number of aromatic amines is 1. The average Bonchev–Trinajstić information content (AvgIpc) is 3.13. The van der Waals surface area contributed by atoms with Gasteiger partial charge in [0.2, 0.25) is 0 Å². The fourth-order valence-electron chi connectivity index (χ4n) is 4.71. The van der Waals surface area contributed by atoms with E-state index >= 15 is 0 Å². The molecule has 1 atom stereocenters. The number of nitrogens with zero attached hydrogens (tertiary/aromatic N) is 2. The Kier molecular flexibility index (Phi) is 8.55. The number of hydrogen-bond acceptors (Lipinski definition) is 4. The van der Waals surface area contributed by atoms with Crippen molar-refractivity contribution in [2.24, 2.45) is 17.8 Å². The van der Waals surface area contributed by atoms with Gasteiger partial charge in [0.25, 0.3) is 5.56 Å². The number of carbonyl (C=O) groups is 1. The number of pyridine rings is 1. The second-order valence-corrected chi connectivity index (χ2v) is 9.55. The summed E-state index contributed by atoms with van der Waals surface area (Å²) in [6.45, 7) is 8.14. The molecule has 0 aliphatic carbocycles. The van der Waals surface area contributed by atoms with E-state index in [0.29, 0.717) is 24.3 Å². The summed E-state index contributed by atoms with van der Waals surface area (Å²) in [5, 5.41) is 9.51. The van der Waals surface area contributed by atoms with Gasteiger partial charge >= 0.3 is 5.97 Å². The molecule has 0 unspecified atom stereocenters. The molecule has 2 N–H and O–H groups in total. The minimum absolute atomic E-state index is 0. The number of aromatic nitrogens is 3. The number of fused-ring (bicyclic) bond motifs is 1. The van der Waals surface area contributed by atoms with E-state index in [0.717, 1.165) is 60.6 Å². The molecule has 0 amide bonds. The molecule has 3 aromatic rings. The van der Waals surface area contributed by atoms with Gasteiger partial charge in [-0.05, 0) is 68.2 Å². The number of hydrogen-bond donors (Lipinski definition) is 2. The Morgan fingerprint density at radius 3 is 2.65 bits per heavy atom. The molecule has 1 aliphatic heterocycles. The van der Waals surface area contributed by atoms with Crippen LogP contribution in [0, 0.1) is 24.7 Å². The number of ether oxygens (including phenoxy) is 1. The van der Waals surface area contributed by atoms with Crippen LogP contribution in [0.2, 0.25) is 0 Å². The van der Waals surface area contributed by atoms with Crippen LogP contribution in [-0.4, -0.2) is 38.8 Å². The number of aliphatic carboxylic acids is 1. The zero-order valence-corrected chi connectivity index (χ0v) is 20.9. The molecule has 1 fully saturated rings. The van der Waals surface area contributed by atoms with Crippen LogP contribution in [0.4, 0.5) is 0 Å². The number of nitrogens with one attached hydrogen (secondary N) is 1. The summed E-state index contributed by atoms with van der Waals surface area (Å²) >= 11 is 0. The molecule has 34 heavy (non-hydrogen) atoms. The first-order valence-corrected chi connectivity index (χ1v) is 11.8. The number of carboxylic acids is 1. The van der Waals surface area contributed by atoms with Gasteiger partial charge < -0.3 is 19.4 Å². The summed E-state index contributed by atoms with van der Waals surface area (Å²) in [6.07, 6.45) is 5.08. The van der Waals surface area contributed by atoms with Crippen LogP contribution >= 0.6 is 12.4 Å². The summed E-state index contributed by atoms with van der Waals surface area (Å²) < 4.78 is 7.80. The molecule has 1 aromatic carbocycles. The molecule has 7 nitrogen and oxygen atoms in total. The van der Waals surface area contributed by atoms with Crippen molar-refractivity contribution in [3.63, 3.8) is 0 Å². The monoisotopic (exact) mass is 487 g/mol. The van der Waals surface area contributed by atoms with E-state index < -0.39 is 5.97 Å². The zero-order chi connectivity index (χ0) is 23.5. The molecule has 0 saturated carbocycles. The Hall–Kier alpha value is -2.64. The highest BCUT2D eigenvalue weighted by molar-refractivity contribution is 5.85. The number of H-pyrrole nitrogens is 1. The van der Waals surface area contributed by atoms with Crippen molar-refractivity contribution in [2.75, 3.05) is 13.2 Å². The lowest BCUT2D eigenvalue weighted by Crippen LogP contribution is -2.21. The number of benzene rings is 1. The first kappa shape index (κ1) is 26.0. The number of carboxylic acid groups (broad SMARTS) is 1. The highest BCUT2D eigenvalue weighted by Crippen LogP contribution is 2.29. The van der Waals surface area contributed by atoms with Crippen LogP contribution in [-0.2, 0) is 22.5 Å². The second-order valence-electron chi connectivity index (χ2n) is 9.55. The average molecular weight is 488 g/mol. The Labute approximate surface area is 206 Å². The van der Waals surface area contributed by atoms with Crippen molar-refractivity contribution in [2.45, 2.75) is 53.0 Å². The third-order valence-electron chi connectivity index (χ3n) is 6.81. The first-order chi connectivity index (χ1) is 15.8. The zero-order valence-electron chi connectivity index (χ0n) is 20.0. The lowest BCUT2D eigenvalue weighted by atomic mass is 9.90. The molecule has 184 valence electrons. The molecule has 8 heteroatoms. The third-order valence-corrected chi connectivity index (χ3v) is 6.81. The van der Waals surface area contributed by atoms with Gasteiger partial charge in [0.05, 0.1) is 17.0 Å². The maximum absolute atomic E-state index is 11.9. The lowest BCUT2D eigenvalue weighted by molar-refractivity contribution is -0.143. The van der Waals surface area contributed by atoms with Gasteiger partial charge in [-0.3, -0.25) is 9.59 Å². The van der Waals surface area contributed by atoms with Gasteiger partial charge in [-0.2, -0.15) is 0 Å². The minimum Gasteiger partial charge on any atom is -0.481 e. The highest BCUT2D eigenvalue weighted by atomic mass is 35.5. The van der Waals surface area contributed by atoms with Crippen molar-refractivity contribution < 1.29 is 14.6 Å². The van der Waals surface area contributed by atoms with Crippen molar-refractivity contribution in [1.82, 2.24) is 14.5 Å². The Morgan fingerprint density at radius 1 is 1.26 bits per heavy atom. The largest absolute Gasteiger partial charge is 0.481 e. The smallest absolute Gasteiger partial charge is 0.306 e. The van der Waals surface area contributed by atoms with Gasteiger partial charge in [-0.15, -0.1) is 12.4 Å². The molecule has 3 heterocycles. The molecule has 1 saturated heterocycles. The number of rotatable bonds is 8. The van der Waals surface area contributed by atoms with Gasteiger partial charge in [0.15, 0.2) is 0 Å². The number of halogens is 1. The van der Waals surface area contributed by atoms with Crippen LogP contribution in [0.3, 0.4) is 0 Å². The summed E-state index contributed by atoms with van der Waals surface area (Å²) in [5.41, 5.74) is 4.51. The van der Waals surface area contributed by atoms with E-state index in [1.165, 1.54) is 0 Å². The molecule has 1 aliphatic rings. The fraction of sp³-hybridized carbons (Fsp3) is 0.500. The molecular weight excluding hydrogens is 454 g/mol. The summed E-state index contributed by atoms with van der Waals surface area (Å²) in [6, 6.07) is 8.16. The van der Waals surface area contributed by atoms with E-state index in [9.17, 15) is 14.7 Å². The van der Waals surface area contributed by atoms with E-state index in [-0.39, 0.29) is 29.8 Å². The molecular formula is C26H34ClN3O4. The van der Waals surface area contributed by atoms with E-state index in [2.05, 4.69) is 27.8 Å².